The van der Waals surface area contributed by atoms with Crippen LogP contribution in [-0.4, -0.2) is 60.3 Å². The van der Waals surface area contributed by atoms with Crippen LogP contribution in [-0.2, 0) is 9.59 Å². The Morgan fingerprint density at radius 3 is 2.33 bits per heavy atom. The van der Waals surface area contributed by atoms with Gasteiger partial charge >= 0.3 is 0 Å². The molecule has 1 N–H and O–H groups in total. The summed E-state index contributed by atoms with van der Waals surface area (Å²) in [6, 6.07) is 16.4. The maximum atomic E-state index is 12.8. The predicted octanol–water partition coefficient (Wildman–Crippen LogP) is 2.79. The fourth-order valence-corrected chi connectivity index (χ4v) is 3.36. The zero-order valence-corrected chi connectivity index (χ0v) is 17.2. The number of nitrogens with zero attached hydrogens (tertiary/aromatic N) is 2. The molecule has 2 aromatic rings. The van der Waals surface area contributed by atoms with Crippen molar-refractivity contribution < 1.29 is 19.1 Å². The Bertz CT molecular complexity index is 877. The molecule has 0 spiro atoms. The molecule has 0 radical (unpaired) electrons. The second-order valence-electron chi connectivity index (χ2n) is 7.20. The van der Waals surface area contributed by atoms with Crippen LogP contribution >= 0.6 is 0 Å². The van der Waals surface area contributed by atoms with Crippen molar-refractivity contribution in [3.05, 3.63) is 60.2 Å². The number of nitrogens with one attached hydrogen (secondary N) is 1. The van der Waals surface area contributed by atoms with Crippen molar-refractivity contribution in [2.75, 3.05) is 38.1 Å². The summed E-state index contributed by atoms with van der Waals surface area (Å²) in [5.41, 5.74) is 1.12. The van der Waals surface area contributed by atoms with Gasteiger partial charge in [-0.05, 0) is 36.8 Å². The normalized spacial score (nSPS) is 13.6. The number of amides is 3. The lowest BCUT2D eigenvalue weighted by Gasteiger charge is -2.35. The summed E-state index contributed by atoms with van der Waals surface area (Å²) in [4.78, 5) is 39.9. The van der Waals surface area contributed by atoms with Crippen LogP contribution in [0.3, 0.4) is 0 Å². The van der Waals surface area contributed by atoms with Gasteiger partial charge in [0.2, 0.25) is 11.8 Å². The van der Waals surface area contributed by atoms with Gasteiger partial charge in [0.25, 0.3) is 5.91 Å². The van der Waals surface area contributed by atoms with E-state index in [4.69, 9.17) is 4.74 Å². The second-order valence-corrected chi connectivity index (χ2v) is 7.20. The molecule has 0 unspecified atom stereocenters. The number of carbonyl (C=O) groups excluding carboxylic acids is 3. The number of ether oxygens (including phenoxy) is 1. The summed E-state index contributed by atoms with van der Waals surface area (Å²) >= 11 is 0. The largest absolute Gasteiger partial charge is 0.494 e. The average molecular weight is 409 g/mol. The minimum absolute atomic E-state index is 0.0893. The standard InChI is InChI=1S/C23H27N3O4/c1-18(27)24-20-8-5-7-19(17-20)23(29)26-14-12-25(13-15-26)22(28)11-6-16-30-21-9-3-2-4-10-21/h2-5,7-10,17H,6,11-16H2,1H3,(H,24,27). The third-order valence-corrected chi connectivity index (χ3v) is 4.90. The first-order valence-corrected chi connectivity index (χ1v) is 10.2. The van der Waals surface area contributed by atoms with Gasteiger partial charge in [-0.15, -0.1) is 0 Å². The van der Waals surface area contributed by atoms with Crippen LogP contribution in [0.1, 0.15) is 30.1 Å². The molecule has 1 aliphatic rings. The van der Waals surface area contributed by atoms with Crippen LogP contribution in [0, 0.1) is 0 Å². The molecule has 0 saturated carbocycles. The SMILES string of the molecule is CC(=O)Nc1cccc(C(=O)N2CCN(C(=O)CCCOc3ccccc3)CC2)c1. The summed E-state index contributed by atoms with van der Waals surface area (Å²) in [5, 5.41) is 2.69. The number of hydrogen-bond donors (Lipinski definition) is 1. The van der Waals surface area contributed by atoms with Gasteiger partial charge in [-0.25, -0.2) is 0 Å². The molecule has 0 atom stereocenters. The van der Waals surface area contributed by atoms with Crippen LogP contribution in [0.25, 0.3) is 0 Å². The molecule has 3 amide bonds. The number of hydrogen-bond acceptors (Lipinski definition) is 4. The van der Waals surface area contributed by atoms with Crippen molar-refractivity contribution in [1.82, 2.24) is 9.80 Å². The van der Waals surface area contributed by atoms with Crippen molar-refractivity contribution in [3.8, 4) is 5.75 Å². The van der Waals surface area contributed by atoms with Crippen molar-refractivity contribution in [2.45, 2.75) is 19.8 Å². The Hall–Kier alpha value is -3.35. The smallest absolute Gasteiger partial charge is 0.254 e. The van der Waals surface area contributed by atoms with E-state index in [0.717, 1.165) is 5.75 Å². The second kappa shape index (κ2) is 10.4. The highest BCUT2D eigenvalue weighted by Crippen LogP contribution is 2.15. The lowest BCUT2D eigenvalue weighted by atomic mass is 10.1. The minimum Gasteiger partial charge on any atom is -0.494 e. The van der Waals surface area contributed by atoms with Gasteiger partial charge in [0.05, 0.1) is 6.61 Å². The molecule has 2 aromatic carbocycles. The summed E-state index contributed by atoms with van der Waals surface area (Å²) in [6.45, 7) is 3.97. The molecule has 0 bridgehead atoms. The van der Waals surface area contributed by atoms with E-state index in [1.807, 2.05) is 30.3 Å². The third kappa shape index (κ3) is 6.07. The van der Waals surface area contributed by atoms with Crippen molar-refractivity contribution in [1.29, 1.82) is 0 Å². The Balaban J connectivity index is 1.42. The Labute approximate surface area is 176 Å². The molecular weight excluding hydrogens is 382 g/mol. The molecule has 30 heavy (non-hydrogen) atoms. The first-order chi connectivity index (χ1) is 14.5. The molecular formula is C23H27N3O4. The number of carbonyl (C=O) groups is 3. The van der Waals surface area contributed by atoms with Crippen LogP contribution in [0.4, 0.5) is 5.69 Å². The number of rotatable bonds is 7. The lowest BCUT2D eigenvalue weighted by molar-refractivity contribution is -0.132. The summed E-state index contributed by atoms with van der Waals surface area (Å²) in [7, 11) is 0. The van der Waals surface area contributed by atoms with E-state index in [1.165, 1.54) is 6.92 Å². The Morgan fingerprint density at radius 1 is 0.933 bits per heavy atom. The van der Waals surface area contributed by atoms with Gasteiger partial charge in [0, 0.05) is 50.8 Å². The molecule has 1 aliphatic heterocycles. The molecule has 1 saturated heterocycles. The lowest BCUT2D eigenvalue weighted by Crippen LogP contribution is -2.50. The van der Waals surface area contributed by atoms with E-state index in [-0.39, 0.29) is 17.7 Å². The molecule has 1 fully saturated rings. The van der Waals surface area contributed by atoms with Gasteiger partial charge in [-0.1, -0.05) is 24.3 Å². The molecule has 7 nitrogen and oxygen atoms in total. The van der Waals surface area contributed by atoms with E-state index in [1.54, 1.807) is 34.1 Å². The molecule has 0 aliphatic carbocycles. The van der Waals surface area contributed by atoms with E-state index in [9.17, 15) is 14.4 Å². The quantitative estimate of drug-likeness (QED) is 0.714. The Morgan fingerprint density at radius 2 is 1.63 bits per heavy atom. The minimum atomic E-state index is -0.180. The Kier molecular flexibility index (Phi) is 7.43. The summed E-state index contributed by atoms with van der Waals surface area (Å²) in [6.07, 6.45) is 1.09. The molecule has 7 heteroatoms. The van der Waals surface area contributed by atoms with Crippen LogP contribution in [0.5, 0.6) is 5.75 Å². The fraction of sp³-hybridized carbons (Fsp3) is 0.348. The van der Waals surface area contributed by atoms with Crippen LogP contribution in [0.2, 0.25) is 0 Å². The van der Waals surface area contributed by atoms with E-state index in [0.29, 0.717) is 56.9 Å². The van der Waals surface area contributed by atoms with Gasteiger partial charge in [0.1, 0.15) is 5.75 Å². The number of piperazine rings is 1. The third-order valence-electron chi connectivity index (χ3n) is 4.90. The van der Waals surface area contributed by atoms with Gasteiger partial charge in [0.15, 0.2) is 0 Å². The van der Waals surface area contributed by atoms with Gasteiger partial charge in [-0.3, -0.25) is 14.4 Å². The average Bonchev–Trinajstić information content (AvgIpc) is 2.76. The zero-order chi connectivity index (χ0) is 21.3. The van der Waals surface area contributed by atoms with E-state index in [2.05, 4.69) is 5.32 Å². The summed E-state index contributed by atoms with van der Waals surface area (Å²) in [5.74, 6) is 0.623. The maximum Gasteiger partial charge on any atom is 0.254 e. The molecule has 158 valence electrons. The molecule has 3 rings (SSSR count). The fourth-order valence-electron chi connectivity index (χ4n) is 3.36. The van der Waals surface area contributed by atoms with Crippen LogP contribution < -0.4 is 10.1 Å². The highest BCUT2D eigenvalue weighted by molar-refractivity contribution is 5.97. The molecule has 1 heterocycles. The number of anilines is 1. The topological polar surface area (TPSA) is 79.0 Å². The zero-order valence-electron chi connectivity index (χ0n) is 17.2. The van der Waals surface area contributed by atoms with Crippen LogP contribution in [0.15, 0.2) is 54.6 Å². The number of benzene rings is 2. The predicted molar refractivity (Wildman–Crippen MR) is 114 cm³/mol. The van der Waals surface area contributed by atoms with Crippen molar-refractivity contribution >= 4 is 23.4 Å². The molecule has 0 aromatic heterocycles. The monoisotopic (exact) mass is 409 g/mol. The van der Waals surface area contributed by atoms with Crippen molar-refractivity contribution in [2.24, 2.45) is 0 Å². The first-order valence-electron chi connectivity index (χ1n) is 10.2. The van der Waals surface area contributed by atoms with E-state index < -0.39 is 0 Å². The summed E-state index contributed by atoms with van der Waals surface area (Å²) < 4.78 is 5.63. The highest BCUT2D eigenvalue weighted by atomic mass is 16.5. The highest BCUT2D eigenvalue weighted by Gasteiger charge is 2.24. The van der Waals surface area contributed by atoms with Crippen molar-refractivity contribution in [3.63, 3.8) is 0 Å². The maximum absolute atomic E-state index is 12.8. The van der Waals surface area contributed by atoms with E-state index >= 15 is 0 Å². The van der Waals surface area contributed by atoms with Gasteiger partial charge in [-0.2, -0.15) is 0 Å². The number of para-hydroxylation sites is 1. The van der Waals surface area contributed by atoms with Gasteiger partial charge < -0.3 is 19.9 Å². The first kappa shape index (κ1) is 21.4.